The lowest BCUT2D eigenvalue weighted by Gasteiger charge is -2.55. The SMILES string of the molecule is C=CCOCC(O)CN1C(C)(C)CC(OC(=O)CCCCCCCCCCCCCCCCC)CC1(C)C. The van der Waals surface area contributed by atoms with Crippen molar-refractivity contribution in [1.82, 2.24) is 4.90 Å². The predicted octanol–water partition coefficient (Wildman–Crippen LogP) is 8.38. The average Bonchev–Trinajstić information content (AvgIpc) is 2.83. The van der Waals surface area contributed by atoms with Crippen LogP contribution in [0.4, 0.5) is 0 Å². The molecule has 1 rings (SSSR count). The van der Waals surface area contributed by atoms with Gasteiger partial charge in [0, 0.05) is 36.9 Å². The largest absolute Gasteiger partial charge is 0.462 e. The monoisotopic (exact) mass is 537 g/mol. The van der Waals surface area contributed by atoms with Crippen LogP contribution in [-0.2, 0) is 14.3 Å². The number of β-amino-alcohol motifs (C(OH)–C–C–N with tert-alkyl or cyclic N) is 1. The first-order valence-electron chi connectivity index (χ1n) is 16.0. The van der Waals surface area contributed by atoms with E-state index in [0.29, 0.717) is 26.2 Å². The summed E-state index contributed by atoms with van der Waals surface area (Å²) in [5.74, 6) is -0.0531. The summed E-state index contributed by atoms with van der Waals surface area (Å²) in [4.78, 5) is 14.9. The maximum absolute atomic E-state index is 12.6. The van der Waals surface area contributed by atoms with Crippen LogP contribution in [0.5, 0.6) is 0 Å². The number of nitrogens with zero attached hydrogens (tertiary/aromatic N) is 1. The number of piperidine rings is 1. The summed E-state index contributed by atoms with van der Waals surface area (Å²) < 4.78 is 11.4. The first kappa shape index (κ1) is 35.1. The number of esters is 1. The van der Waals surface area contributed by atoms with Gasteiger partial charge in [-0.2, -0.15) is 0 Å². The highest BCUT2D eigenvalue weighted by Crippen LogP contribution is 2.39. The molecule has 224 valence electrons. The van der Waals surface area contributed by atoms with Crippen molar-refractivity contribution >= 4 is 5.97 Å². The smallest absolute Gasteiger partial charge is 0.306 e. The summed E-state index contributed by atoms with van der Waals surface area (Å²) in [6.45, 7) is 15.9. The first-order valence-corrected chi connectivity index (χ1v) is 16.0. The normalized spacial score (nSPS) is 18.4. The molecule has 0 bridgehead atoms. The zero-order chi connectivity index (χ0) is 28.3. The summed E-state index contributed by atoms with van der Waals surface area (Å²) in [5, 5.41) is 10.5. The van der Waals surface area contributed by atoms with Crippen molar-refractivity contribution in [2.75, 3.05) is 19.8 Å². The maximum Gasteiger partial charge on any atom is 0.306 e. The van der Waals surface area contributed by atoms with Crippen LogP contribution in [0.15, 0.2) is 12.7 Å². The van der Waals surface area contributed by atoms with Crippen LogP contribution in [0, 0.1) is 0 Å². The fourth-order valence-corrected chi connectivity index (χ4v) is 6.24. The van der Waals surface area contributed by atoms with Crippen LogP contribution in [0.25, 0.3) is 0 Å². The van der Waals surface area contributed by atoms with Crippen molar-refractivity contribution in [2.24, 2.45) is 0 Å². The molecular formula is C33H63NO4. The van der Waals surface area contributed by atoms with Crippen molar-refractivity contribution in [3.8, 4) is 0 Å². The molecule has 0 aromatic carbocycles. The fourth-order valence-electron chi connectivity index (χ4n) is 6.24. The van der Waals surface area contributed by atoms with Crippen molar-refractivity contribution in [3.05, 3.63) is 12.7 Å². The van der Waals surface area contributed by atoms with E-state index in [4.69, 9.17) is 9.47 Å². The van der Waals surface area contributed by atoms with Gasteiger partial charge in [-0.05, 0) is 34.1 Å². The Bertz CT molecular complexity index is 600. The number of aliphatic hydroxyl groups excluding tert-OH is 1. The van der Waals surface area contributed by atoms with Crippen LogP contribution >= 0.6 is 0 Å². The Balaban J connectivity index is 2.15. The molecule has 38 heavy (non-hydrogen) atoms. The van der Waals surface area contributed by atoms with E-state index in [1.165, 1.54) is 83.5 Å². The van der Waals surface area contributed by atoms with Crippen molar-refractivity contribution < 1.29 is 19.4 Å². The van der Waals surface area contributed by atoms with Gasteiger partial charge in [-0.15, -0.1) is 6.58 Å². The Labute approximate surface area is 236 Å². The molecule has 0 aliphatic carbocycles. The second kappa shape index (κ2) is 20.0. The third kappa shape index (κ3) is 15.6. The minimum atomic E-state index is -0.558. The molecule has 0 saturated carbocycles. The lowest BCUT2D eigenvalue weighted by atomic mass is 9.78. The summed E-state index contributed by atoms with van der Waals surface area (Å²) in [5.41, 5.74) is -0.360. The lowest BCUT2D eigenvalue weighted by molar-refractivity contribution is -0.162. The number of ether oxygens (including phenoxy) is 2. The minimum Gasteiger partial charge on any atom is -0.462 e. The standard InChI is InChI=1S/C33H63NO4/c1-7-9-10-11-12-13-14-15-16-17-18-19-20-21-22-23-31(36)38-30-25-32(3,4)34(33(5,6)26-30)27-29(35)28-37-24-8-2/h8,29-30,35H,2,7,9-28H2,1,3-6H3. The Morgan fingerprint density at radius 2 is 1.32 bits per heavy atom. The highest BCUT2D eigenvalue weighted by atomic mass is 16.5. The molecule has 1 aliphatic heterocycles. The molecule has 1 heterocycles. The molecule has 1 N–H and O–H groups in total. The van der Waals surface area contributed by atoms with Crippen LogP contribution in [0.3, 0.4) is 0 Å². The van der Waals surface area contributed by atoms with Crippen molar-refractivity contribution in [3.63, 3.8) is 0 Å². The molecule has 1 atom stereocenters. The van der Waals surface area contributed by atoms with E-state index in [1.54, 1.807) is 6.08 Å². The van der Waals surface area contributed by atoms with E-state index in [2.05, 4.69) is 46.1 Å². The number of rotatable bonds is 23. The Morgan fingerprint density at radius 1 is 0.868 bits per heavy atom. The van der Waals surface area contributed by atoms with Gasteiger partial charge >= 0.3 is 5.97 Å². The van der Waals surface area contributed by atoms with Gasteiger partial charge in [0.15, 0.2) is 0 Å². The molecule has 5 nitrogen and oxygen atoms in total. The maximum atomic E-state index is 12.6. The van der Waals surface area contributed by atoms with Gasteiger partial charge in [0.1, 0.15) is 6.10 Å². The molecule has 1 aliphatic rings. The molecular weight excluding hydrogens is 474 g/mol. The average molecular weight is 538 g/mol. The molecule has 0 amide bonds. The molecule has 0 radical (unpaired) electrons. The fraction of sp³-hybridized carbons (Fsp3) is 0.909. The van der Waals surface area contributed by atoms with Gasteiger partial charge in [0.2, 0.25) is 0 Å². The Morgan fingerprint density at radius 3 is 1.76 bits per heavy atom. The Hall–Kier alpha value is -0.910. The highest BCUT2D eigenvalue weighted by Gasteiger charge is 2.46. The van der Waals surface area contributed by atoms with Crippen LogP contribution < -0.4 is 0 Å². The zero-order valence-electron chi connectivity index (χ0n) is 25.9. The topological polar surface area (TPSA) is 59.0 Å². The van der Waals surface area contributed by atoms with E-state index >= 15 is 0 Å². The lowest BCUT2D eigenvalue weighted by Crippen LogP contribution is -2.64. The van der Waals surface area contributed by atoms with Gasteiger partial charge in [0.25, 0.3) is 0 Å². The first-order chi connectivity index (χ1) is 18.1. The van der Waals surface area contributed by atoms with E-state index in [0.717, 1.165) is 25.7 Å². The third-order valence-corrected chi connectivity index (χ3v) is 8.14. The number of carbonyl (C=O) groups is 1. The van der Waals surface area contributed by atoms with Crippen molar-refractivity contribution in [1.29, 1.82) is 0 Å². The van der Waals surface area contributed by atoms with Gasteiger partial charge in [-0.1, -0.05) is 103 Å². The minimum absolute atomic E-state index is 0.0531. The van der Waals surface area contributed by atoms with Crippen LogP contribution in [0.2, 0.25) is 0 Å². The Kier molecular flexibility index (Phi) is 18.5. The zero-order valence-corrected chi connectivity index (χ0v) is 25.9. The van der Waals surface area contributed by atoms with E-state index < -0.39 is 6.10 Å². The van der Waals surface area contributed by atoms with Crippen molar-refractivity contribution in [2.45, 2.75) is 173 Å². The summed E-state index contributed by atoms with van der Waals surface area (Å²) in [7, 11) is 0. The molecule has 0 spiro atoms. The number of hydrogen-bond acceptors (Lipinski definition) is 5. The summed E-state index contributed by atoms with van der Waals surface area (Å²) in [6.07, 6.45) is 23.0. The molecule has 1 unspecified atom stereocenters. The molecule has 0 aromatic rings. The summed E-state index contributed by atoms with van der Waals surface area (Å²) >= 11 is 0. The number of hydrogen-bond donors (Lipinski definition) is 1. The van der Waals surface area contributed by atoms with Crippen LogP contribution in [0.1, 0.15) is 150 Å². The molecule has 5 heteroatoms. The van der Waals surface area contributed by atoms with Gasteiger partial charge in [-0.3, -0.25) is 9.69 Å². The van der Waals surface area contributed by atoms with E-state index in [1.807, 2.05) is 0 Å². The van der Waals surface area contributed by atoms with E-state index in [-0.39, 0.29) is 23.2 Å². The van der Waals surface area contributed by atoms with E-state index in [9.17, 15) is 9.90 Å². The number of unbranched alkanes of at least 4 members (excludes halogenated alkanes) is 14. The van der Waals surface area contributed by atoms with Gasteiger partial charge < -0.3 is 14.6 Å². The highest BCUT2D eigenvalue weighted by molar-refractivity contribution is 5.69. The summed E-state index contributed by atoms with van der Waals surface area (Å²) in [6, 6.07) is 0. The molecule has 1 saturated heterocycles. The molecule has 0 aromatic heterocycles. The predicted molar refractivity (Wildman–Crippen MR) is 161 cm³/mol. The number of carbonyl (C=O) groups excluding carboxylic acids is 1. The molecule has 1 fully saturated rings. The second-order valence-electron chi connectivity index (χ2n) is 12.9. The quantitative estimate of drug-likeness (QED) is 0.0806. The van der Waals surface area contributed by atoms with Crippen LogP contribution in [-0.4, -0.2) is 59.0 Å². The second-order valence-corrected chi connectivity index (χ2v) is 12.9. The van der Waals surface area contributed by atoms with Gasteiger partial charge in [-0.25, -0.2) is 0 Å². The third-order valence-electron chi connectivity index (χ3n) is 8.14. The number of likely N-dealkylation sites (tertiary alicyclic amines) is 1. The van der Waals surface area contributed by atoms with Gasteiger partial charge in [0.05, 0.1) is 19.3 Å². The number of aliphatic hydroxyl groups is 1.